The number of benzene rings is 2. The maximum absolute atomic E-state index is 13.3. The molecule has 5 nitrogen and oxygen atoms in total. The minimum absolute atomic E-state index is 0.0586. The first-order chi connectivity index (χ1) is 11.5. The summed E-state index contributed by atoms with van der Waals surface area (Å²) in [5, 5.41) is 11.4. The van der Waals surface area contributed by atoms with Crippen molar-refractivity contribution in [2.75, 3.05) is 10.8 Å². The molecule has 24 heavy (non-hydrogen) atoms. The normalized spacial score (nSPS) is 14.1. The maximum Gasteiger partial charge on any atom is 0.268 e. The Morgan fingerprint density at radius 2 is 2.00 bits per heavy atom. The molecule has 122 valence electrons. The van der Waals surface area contributed by atoms with Gasteiger partial charge in [0.1, 0.15) is 10.6 Å². The number of anilines is 1. The van der Waals surface area contributed by atoms with Crippen LogP contribution in [0.1, 0.15) is 11.1 Å². The van der Waals surface area contributed by atoms with Crippen LogP contribution in [0.3, 0.4) is 0 Å². The van der Waals surface area contributed by atoms with Crippen LogP contribution in [-0.4, -0.2) is 25.1 Å². The third-order valence-corrected chi connectivity index (χ3v) is 6.30. The van der Waals surface area contributed by atoms with Crippen LogP contribution in [-0.2, 0) is 16.4 Å². The van der Waals surface area contributed by atoms with Crippen molar-refractivity contribution in [3.05, 3.63) is 59.9 Å². The van der Waals surface area contributed by atoms with Gasteiger partial charge in [-0.15, -0.1) is 0 Å². The van der Waals surface area contributed by atoms with Crippen molar-refractivity contribution in [1.82, 2.24) is 4.98 Å². The number of aryl methyl sites for hydroxylation is 1. The number of phenols is 1. The van der Waals surface area contributed by atoms with Gasteiger partial charge < -0.3 is 5.11 Å². The summed E-state index contributed by atoms with van der Waals surface area (Å²) in [6.45, 7) is 2.31. The molecule has 0 aliphatic carbocycles. The van der Waals surface area contributed by atoms with E-state index in [1.807, 2.05) is 25.1 Å². The van der Waals surface area contributed by atoms with Crippen LogP contribution in [0.25, 0.3) is 10.8 Å². The second-order valence-electron chi connectivity index (χ2n) is 5.97. The first-order valence-corrected chi connectivity index (χ1v) is 9.10. The molecule has 3 aromatic rings. The summed E-state index contributed by atoms with van der Waals surface area (Å²) in [5.74, 6) is -0.241. The third-order valence-electron chi connectivity index (χ3n) is 4.39. The van der Waals surface area contributed by atoms with Gasteiger partial charge in [-0.2, -0.15) is 0 Å². The first-order valence-electron chi connectivity index (χ1n) is 7.66. The molecule has 1 aliphatic heterocycles. The Morgan fingerprint density at radius 1 is 1.17 bits per heavy atom. The van der Waals surface area contributed by atoms with Gasteiger partial charge in [0.25, 0.3) is 10.0 Å². The number of aromatic hydroxyl groups is 1. The van der Waals surface area contributed by atoms with Gasteiger partial charge in [-0.05, 0) is 48.7 Å². The Labute approximate surface area is 140 Å². The van der Waals surface area contributed by atoms with Crippen molar-refractivity contribution in [3.63, 3.8) is 0 Å². The van der Waals surface area contributed by atoms with E-state index in [1.54, 1.807) is 18.3 Å². The summed E-state index contributed by atoms with van der Waals surface area (Å²) < 4.78 is 28.0. The Kier molecular flexibility index (Phi) is 3.25. The van der Waals surface area contributed by atoms with Gasteiger partial charge in [-0.3, -0.25) is 9.29 Å². The molecule has 1 N–H and O–H groups in total. The quantitative estimate of drug-likeness (QED) is 0.778. The fourth-order valence-corrected chi connectivity index (χ4v) is 5.00. The molecule has 2 heterocycles. The monoisotopic (exact) mass is 340 g/mol. The van der Waals surface area contributed by atoms with Crippen LogP contribution in [0.5, 0.6) is 5.75 Å². The lowest BCUT2D eigenvalue weighted by atomic mass is 10.1. The number of aromatic nitrogens is 1. The lowest BCUT2D eigenvalue weighted by Crippen LogP contribution is -2.29. The minimum Gasteiger partial charge on any atom is -0.506 e. The third kappa shape index (κ3) is 2.14. The van der Waals surface area contributed by atoms with Crippen LogP contribution in [0, 0.1) is 6.92 Å². The Bertz CT molecular complexity index is 1060. The van der Waals surface area contributed by atoms with E-state index in [-0.39, 0.29) is 10.6 Å². The largest absolute Gasteiger partial charge is 0.506 e. The average molecular weight is 340 g/mol. The maximum atomic E-state index is 13.3. The van der Waals surface area contributed by atoms with Crippen LogP contribution < -0.4 is 4.31 Å². The van der Waals surface area contributed by atoms with E-state index in [0.717, 1.165) is 11.1 Å². The van der Waals surface area contributed by atoms with Crippen LogP contribution in [0.15, 0.2) is 53.7 Å². The Hall–Kier alpha value is -2.60. The van der Waals surface area contributed by atoms with Gasteiger partial charge in [0.2, 0.25) is 0 Å². The SMILES string of the molecule is Cc1ccc2c(c1)N(S(=O)(=O)c1c(O)ccc3cnccc13)CC2. The number of rotatable bonds is 2. The van der Waals surface area contributed by atoms with Crippen molar-refractivity contribution in [2.24, 2.45) is 0 Å². The minimum atomic E-state index is -3.87. The molecule has 1 aromatic heterocycles. The molecule has 1 aliphatic rings. The van der Waals surface area contributed by atoms with Crippen molar-refractivity contribution in [2.45, 2.75) is 18.2 Å². The van der Waals surface area contributed by atoms with Gasteiger partial charge in [-0.25, -0.2) is 8.42 Å². The molecular formula is C18H16N2O3S. The topological polar surface area (TPSA) is 70.5 Å². The molecule has 0 saturated carbocycles. The summed E-state index contributed by atoms with van der Waals surface area (Å²) >= 11 is 0. The number of nitrogens with zero attached hydrogens (tertiary/aromatic N) is 2. The smallest absolute Gasteiger partial charge is 0.268 e. The lowest BCUT2D eigenvalue weighted by molar-refractivity contribution is 0.460. The van der Waals surface area contributed by atoms with E-state index < -0.39 is 10.0 Å². The van der Waals surface area contributed by atoms with Crippen LogP contribution >= 0.6 is 0 Å². The van der Waals surface area contributed by atoms with E-state index in [0.29, 0.717) is 29.4 Å². The molecule has 0 bridgehead atoms. The van der Waals surface area contributed by atoms with E-state index in [4.69, 9.17) is 0 Å². The number of fused-ring (bicyclic) bond motifs is 2. The summed E-state index contributed by atoms with van der Waals surface area (Å²) in [5.41, 5.74) is 2.70. The summed E-state index contributed by atoms with van der Waals surface area (Å²) in [7, 11) is -3.87. The summed E-state index contributed by atoms with van der Waals surface area (Å²) in [4.78, 5) is 3.96. The molecule has 0 radical (unpaired) electrons. The molecule has 4 rings (SSSR count). The second-order valence-corrected chi connectivity index (χ2v) is 7.77. The van der Waals surface area contributed by atoms with Crippen molar-refractivity contribution >= 4 is 26.5 Å². The molecule has 6 heteroatoms. The highest BCUT2D eigenvalue weighted by atomic mass is 32.2. The molecule has 2 aromatic carbocycles. The first kappa shape index (κ1) is 15.0. The van der Waals surface area contributed by atoms with Gasteiger partial charge in [0.15, 0.2) is 0 Å². The molecule has 0 fully saturated rings. The number of hydrogen-bond donors (Lipinski definition) is 1. The zero-order valence-electron chi connectivity index (χ0n) is 13.1. The summed E-state index contributed by atoms with van der Waals surface area (Å²) in [6, 6.07) is 10.5. The molecule has 0 atom stereocenters. The predicted molar refractivity (Wildman–Crippen MR) is 92.8 cm³/mol. The fraction of sp³-hybridized carbons (Fsp3) is 0.167. The highest BCUT2D eigenvalue weighted by Gasteiger charge is 2.34. The lowest BCUT2D eigenvalue weighted by Gasteiger charge is -2.21. The van der Waals surface area contributed by atoms with Crippen LogP contribution in [0.4, 0.5) is 5.69 Å². The predicted octanol–water partition coefficient (Wildman–Crippen LogP) is 3.00. The average Bonchev–Trinajstić information content (AvgIpc) is 2.98. The van der Waals surface area contributed by atoms with Crippen molar-refractivity contribution in [1.29, 1.82) is 0 Å². The standard InChI is InChI=1S/C18H16N2O3S/c1-12-2-3-13-7-9-20(16(13)10-12)24(22,23)18-15-6-8-19-11-14(15)4-5-17(18)21/h2-6,8,10-11,21H,7,9H2,1H3. The van der Waals surface area contributed by atoms with Gasteiger partial charge in [-0.1, -0.05) is 12.1 Å². The van der Waals surface area contributed by atoms with E-state index in [1.165, 1.54) is 16.6 Å². The molecule has 0 amide bonds. The second kappa shape index (κ2) is 5.21. The number of sulfonamides is 1. The Morgan fingerprint density at radius 3 is 2.83 bits per heavy atom. The number of hydrogen-bond acceptors (Lipinski definition) is 4. The van der Waals surface area contributed by atoms with Gasteiger partial charge in [0, 0.05) is 29.7 Å². The Balaban J connectivity index is 1.96. The van der Waals surface area contributed by atoms with Gasteiger partial charge >= 0.3 is 0 Å². The van der Waals surface area contributed by atoms with E-state index in [9.17, 15) is 13.5 Å². The molecular weight excluding hydrogens is 324 g/mol. The molecule has 0 spiro atoms. The zero-order valence-corrected chi connectivity index (χ0v) is 13.9. The number of pyridine rings is 1. The van der Waals surface area contributed by atoms with E-state index >= 15 is 0 Å². The highest BCUT2D eigenvalue weighted by Crippen LogP contribution is 2.38. The van der Waals surface area contributed by atoms with Crippen molar-refractivity contribution in [3.8, 4) is 5.75 Å². The highest BCUT2D eigenvalue weighted by molar-refractivity contribution is 7.93. The van der Waals surface area contributed by atoms with Gasteiger partial charge in [0.05, 0.1) is 5.69 Å². The van der Waals surface area contributed by atoms with Crippen LogP contribution in [0.2, 0.25) is 0 Å². The summed E-state index contributed by atoms with van der Waals surface area (Å²) in [6.07, 6.45) is 3.79. The fourth-order valence-electron chi connectivity index (χ4n) is 3.22. The zero-order chi connectivity index (χ0) is 16.9. The van der Waals surface area contributed by atoms with Crippen molar-refractivity contribution < 1.29 is 13.5 Å². The number of phenolic OH excluding ortho intramolecular Hbond substituents is 1. The molecule has 0 saturated heterocycles. The van der Waals surface area contributed by atoms with E-state index in [2.05, 4.69) is 4.98 Å². The molecule has 0 unspecified atom stereocenters.